The summed E-state index contributed by atoms with van der Waals surface area (Å²) in [6, 6.07) is 0.442. The van der Waals surface area contributed by atoms with Crippen LogP contribution in [0, 0.1) is 12.8 Å². The number of anilines is 1. The first-order valence-electron chi connectivity index (χ1n) is 5.89. The summed E-state index contributed by atoms with van der Waals surface area (Å²) in [4.78, 5) is 8.36. The Labute approximate surface area is 99.3 Å². The van der Waals surface area contributed by atoms with Gasteiger partial charge in [-0.15, -0.1) is 0 Å². The molecule has 0 amide bonds. The Morgan fingerprint density at radius 1 is 1.47 bits per heavy atom. The monoisotopic (exact) mass is 232 g/mol. The van der Waals surface area contributed by atoms with Gasteiger partial charge < -0.3 is 15.4 Å². The van der Waals surface area contributed by atoms with Gasteiger partial charge in [0, 0.05) is 18.8 Å². The molecule has 5 heteroatoms. The summed E-state index contributed by atoms with van der Waals surface area (Å²) in [5, 5.41) is 10.0. The molecular weight excluding hydrogens is 216 g/mol. The highest BCUT2D eigenvalue weighted by Gasteiger charge is 2.31. The molecule has 0 saturated heterocycles. The van der Waals surface area contributed by atoms with Crippen LogP contribution in [0.15, 0.2) is 12.5 Å². The van der Waals surface area contributed by atoms with Crippen LogP contribution in [0.2, 0.25) is 0 Å². The van der Waals surface area contributed by atoms with Crippen molar-refractivity contribution in [2.24, 2.45) is 5.92 Å². The Bertz CT molecular complexity index is 557. The maximum atomic E-state index is 9.06. The first-order chi connectivity index (χ1) is 8.20. The van der Waals surface area contributed by atoms with Crippen LogP contribution in [-0.2, 0) is 0 Å². The normalized spacial score (nSPS) is 23.9. The van der Waals surface area contributed by atoms with E-state index in [0.29, 0.717) is 17.8 Å². The number of nitrogen functional groups attached to an aromatic ring is 1. The van der Waals surface area contributed by atoms with E-state index in [4.69, 9.17) is 10.8 Å². The fourth-order valence-electron chi connectivity index (χ4n) is 2.65. The van der Waals surface area contributed by atoms with Gasteiger partial charge in [0.2, 0.25) is 0 Å². The highest BCUT2D eigenvalue weighted by molar-refractivity contribution is 5.89. The maximum Gasteiger partial charge on any atom is 0.145 e. The topological polar surface area (TPSA) is 77.0 Å². The zero-order chi connectivity index (χ0) is 12.0. The number of nitrogens with two attached hydrogens (primary N) is 1. The predicted octanol–water partition coefficient (Wildman–Crippen LogP) is 1.27. The van der Waals surface area contributed by atoms with Crippen LogP contribution in [-0.4, -0.2) is 26.2 Å². The average molecular weight is 232 g/mol. The highest BCUT2D eigenvalue weighted by Crippen LogP contribution is 2.40. The van der Waals surface area contributed by atoms with Crippen LogP contribution in [0.4, 0.5) is 5.82 Å². The molecule has 1 fully saturated rings. The van der Waals surface area contributed by atoms with Gasteiger partial charge in [-0.05, 0) is 31.2 Å². The number of nitrogens with zero attached hydrogens (tertiary/aromatic N) is 3. The van der Waals surface area contributed by atoms with Gasteiger partial charge in [0.1, 0.15) is 17.8 Å². The molecule has 3 N–H and O–H groups in total. The van der Waals surface area contributed by atoms with Crippen molar-refractivity contribution in [1.82, 2.24) is 14.5 Å². The van der Waals surface area contributed by atoms with Crippen LogP contribution in [0.3, 0.4) is 0 Å². The number of aliphatic hydroxyl groups excluding tert-OH is 1. The van der Waals surface area contributed by atoms with Crippen molar-refractivity contribution in [2.75, 3.05) is 12.3 Å². The van der Waals surface area contributed by atoms with Gasteiger partial charge in [-0.3, -0.25) is 0 Å². The number of aliphatic hydroxyl groups is 1. The molecule has 0 radical (unpaired) electrons. The molecule has 0 spiro atoms. The Balaban J connectivity index is 2.04. The van der Waals surface area contributed by atoms with Crippen molar-refractivity contribution in [3.63, 3.8) is 0 Å². The maximum absolute atomic E-state index is 9.06. The van der Waals surface area contributed by atoms with E-state index in [1.54, 1.807) is 0 Å². The van der Waals surface area contributed by atoms with Gasteiger partial charge in [0.05, 0.1) is 5.39 Å². The lowest BCUT2D eigenvalue weighted by Gasteiger charge is -2.35. The number of hydrogen-bond acceptors (Lipinski definition) is 4. The minimum atomic E-state index is 0.284. The average Bonchev–Trinajstić information content (AvgIpc) is 2.56. The molecule has 2 aromatic heterocycles. The Kier molecular flexibility index (Phi) is 2.29. The predicted molar refractivity (Wildman–Crippen MR) is 65.5 cm³/mol. The summed E-state index contributed by atoms with van der Waals surface area (Å²) in [6.45, 7) is 2.31. The molecule has 1 saturated carbocycles. The Morgan fingerprint density at radius 3 is 2.94 bits per heavy atom. The molecular formula is C12H16N4O. The van der Waals surface area contributed by atoms with E-state index >= 15 is 0 Å². The fourth-order valence-corrected chi connectivity index (χ4v) is 2.65. The summed E-state index contributed by atoms with van der Waals surface area (Å²) in [7, 11) is 0. The SMILES string of the molecule is Cc1cn([C@H]2C[C@@H](CO)C2)c2ncnc(N)c12. The first kappa shape index (κ1) is 10.5. The first-order valence-corrected chi connectivity index (χ1v) is 5.89. The molecule has 0 unspecified atom stereocenters. The van der Waals surface area contributed by atoms with E-state index in [9.17, 15) is 0 Å². The van der Waals surface area contributed by atoms with Crippen molar-refractivity contribution in [1.29, 1.82) is 0 Å². The number of aryl methyl sites for hydroxylation is 1. The van der Waals surface area contributed by atoms with Gasteiger partial charge >= 0.3 is 0 Å². The van der Waals surface area contributed by atoms with Crippen molar-refractivity contribution >= 4 is 16.9 Å². The van der Waals surface area contributed by atoms with Crippen LogP contribution >= 0.6 is 0 Å². The van der Waals surface area contributed by atoms with Crippen LogP contribution < -0.4 is 5.73 Å². The molecule has 1 aliphatic rings. The molecule has 5 nitrogen and oxygen atoms in total. The third kappa shape index (κ3) is 1.50. The molecule has 0 aromatic carbocycles. The summed E-state index contributed by atoms with van der Waals surface area (Å²) in [6.07, 6.45) is 5.64. The molecule has 1 aliphatic carbocycles. The second-order valence-corrected chi connectivity index (χ2v) is 4.85. The largest absolute Gasteiger partial charge is 0.396 e. The number of aromatic nitrogens is 3. The van der Waals surface area contributed by atoms with Gasteiger partial charge in [-0.1, -0.05) is 0 Å². The summed E-state index contributed by atoms with van der Waals surface area (Å²) in [5.41, 5.74) is 7.91. The van der Waals surface area contributed by atoms with E-state index < -0.39 is 0 Å². The lowest BCUT2D eigenvalue weighted by Crippen LogP contribution is -2.28. The second kappa shape index (κ2) is 3.70. The molecule has 17 heavy (non-hydrogen) atoms. The zero-order valence-electron chi connectivity index (χ0n) is 9.80. The third-order valence-electron chi connectivity index (χ3n) is 3.69. The van der Waals surface area contributed by atoms with Crippen molar-refractivity contribution in [3.8, 4) is 0 Å². The molecule has 0 atom stereocenters. The smallest absolute Gasteiger partial charge is 0.145 e. The van der Waals surface area contributed by atoms with Gasteiger partial charge in [-0.25, -0.2) is 9.97 Å². The Morgan fingerprint density at radius 2 is 2.24 bits per heavy atom. The van der Waals surface area contributed by atoms with E-state index in [2.05, 4.69) is 20.7 Å². The summed E-state index contributed by atoms with van der Waals surface area (Å²) < 4.78 is 2.18. The van der Waals surface area contributed by atoms with Crippen molar-refractivity contribution < 1.29 is 5.11 Å². The van der Waals surface area contributed by atoms with Crippen LogP contribution in [0.25, 0.3) is 11.0 Å². The van der Waals surface area contributed by atoms with E-state index in [0.717, 1.165) is 29.4 Å². The molecule has 2 heterocycles. The van der Waals surface area contributed by atoms with Gasteiger partial charge in [0.15, 0.2) is 0 Å². The van der Waals surface area contributed by atoms with E-state index in [1.165, 1.54) is 6.33 Å². The summed E-state index contributed by atoms with van der Waals surface area (Å²) >= 11 is 0. The minimum absolute atomic E-state index is 0.284. The number of hydrogen-bond donors (Lipinski definition) is 2. The lowest BCUT2D eigenvalue weighted by atomic mass is 9.81. The van der Waals surface area contributed by atoms with E-state index in [1.807, 2.05) is 6.92 Å². The molecule has 0 aliphatic heterocycles. The summed E-state index contributed by atoms with van der Waals surface area (Å²) in [5.74, 6) is 0.987. The van der Waals surface area contributed by atoms with Gasteiger partial charge in [0.25, 0.3) is 0 Å². The highest BCUT2D eigenvalue weighted by atomic mass is 16.3. The van der Waals surface area contributed by atoms with E-state index in [-0.39, 0.29) is 6.61 Å². The second-order valence-electron chi connectivity index (χ2n) is 4.85. The number of fused-ring (bicyclic) bond motifs is 1. The van der Waals surface area contributed by atoms with Crippen LogP contribution in [0.5, 0.6) is 0 Å². The standard InChI is InChI=1S/C12H16N4O/c1-7-4-16(9-2-8(3-9)5-17)12-10(7)11(13)14-6-15-12/h4,6,8-9,17H,2-3,5H2,1H3,(H2,13,14,15)/t8-,9+. The lowest BCUT2D eigenvalue weighted by molar-refractivity contribution is 0.114. The molecule has 0 bridgehead atoms. The fraction of sp³-hybridized carbons (Fsp3) is 0.500. The van der Waals surface area contributed by atoms with Crippen molar-refractivity contribution in [2.45, 2.75) is 25.8 Å². The molecule has 2 aromatic rings. The third-order valence-corrected chi connectivity index (χ3v) is 3.69. The molecule has 90 valence electrons. The molecule has 3 rings (SSSR count). The zero-order valence-corrected chi connectivity index (χ0v) is 9.80. The van der Waals surface area contributed by atoms with Crippen molar-refractivity contribution in [3.05, 3.63) is 18.1 Å². The van der Waals surface area contributed by atoms with Gasteiger partial charge in [-0.2, -0.15) is 0 Å². The minimum Gasteiger partial charge on any atom is -0.396 e. The van der Waals surface area contributed by atoms with Crippen LogP contribution in [0.1, 0.15) is 24.4 Å². The Hall–Kier alpha value is -1.62. The number of rotatable bonds is 2. The quantitative estimate of drug-likeness (QED) is 0.817.